The van der Waals surface area contributed by atoms with Crippen molar-refractivity contribution in [2.24, 2.45) is 0 Å². The lowest BCUT2D eigenvalue weighted by molar-refractivity contribution is 0.340. The molecule has 0 fully saturated rings. The van der Waals surface area contributed by atoms with Crippen molar-refractivity contribution in [2.45, 2.75) is 6.92 Å². The lowest BCUT2D eigenvalue weighted by atomic mass is 10.3. The zero-order valence-corrected chi connectivity index (χ0v) is 7.92. The maximum atomic E-state index is 5.38. The first kappa shape index (κ1) is 8.74. The second kappa shape index (κ2) is 3.91. The monoisotopic (exact) mass is 189 g/mol. The number of benzene rings is 1. The van der Waals surface area contributed by atoms with Crippen molar-refractivity contribution < 1.29 is 4.74 Å². The summed E-state index contributed by atoms with van der Waals surface area (Å²) in [6, 6.07) is 7.74. The summed E-state index contributed by atoms with van der Waals surface area (Å²) in [6.45, 7) is 2.63. The summed E-state index contributed by atoms with van der Waals surface area (Å²) in [4.78, 5) is 3.89. The zero-order valence-electron chi connectivity index (χ0n) is 7.92. The molecule has 14 heavy (non-hydrogen) atoms. The molecule has 1 aromatic heterocycles. The molecule has 0 aliphatic rings. The van der Waals surface area contributed by atoms with Gasteiger partial charge < -0.3 is 4.74 Å². The van der Waals surface area contributed by atoms with Crippen LogP contribution in [0, 0.1) is 0 Å². The van der Waals surface area contributed by atoms with Crippen LogP contribution in [0.4, 0.5) is 0 Å². The second-order valence-electron chi connectivity index (χ2n) is 2.77. The molecule has 0 aliphatic carbocycles. The summed E-state index contributed by atoms with van der Waals surface area (Å²) < 4.78 is 7.08. The molecular formula is C10H11N3O. The summed E-state index contributed by atoms with van der Waals surface area (Å²) >= 11 is 0. The normalized spacial score (nSPS) is 10.1. The van der Waals surface area contributed by atoms with Gasteiger partial charge in [0.2, 0.25) is 0 Å². The Hall–Kier alpha value is -1.84. The molecule has 0 bridgehead atoms. The van der Waals surface area contributed by atoms with Gasteiger partial charge in [0.25, 0.3) is 0 Å². The Bertz CT molecular complexity index is 398. The van der Waals surface area contributed by atoms with E-state index in [1.54, 1.807) is 11.0 Å². The largest absolute Gasteiger partial charge is 0.494 e. The highest BCUT2D eigenvalue weighted by molar-refractivity contribution is 5.38. The molecule has 0 atom stereocenters. The summed E-state index contributed by atoms with van der Waals surface area (Å²) in [6.07, 6.45) is 3.17. The van der Waals surface area contributed by atoms with E-state index in [1.165, 1.54) is 6.33 Å². The van der Waals surface area contributed by atoms with Crippen molar-refractivity contribution in [3.63, 3.8) is 0 Å². The van der Waals surface area contributed by atoms with Crippen LogP contribution in [0.25, 0.3) is 5.69 Å². The first-order valence-electron chi connectivity index (χ1n) is 4.48. The molecule has 0 N–H and O–H groups in total. The highest BCUT2D eigenvalue weighted by atomic mass is 16.5. The van der Waals surface area contributed by atoms with Crippen LogP contribution in [0.3, 0.4) is 0 Å². The van der Waals surface area contributed by atoms with Crippen LogP contribution < -0.4 is 4.74 Å². The fraction of sp³-hybridized carbons (Fsp3) is 0.200. The average molecular weight is 189 g/mol. The third kappa shape index (κ3) is 1.74. The molecule has 0 saturated heterocycles. The molecule has 1 aromatic carbocycles. The Morgan fingerprint density at radius 1 is 1.43 bits per heavy atom. The van der Waals surface area contributed by atoms with Crippen molar-refractivity contribution in [2.75, 3.05) is 6.61 Å². The van der Waals surface area contributed by atoms with Crippen LogP contribution in [0.5, 0.6) is 5.75 Å². The number of hydrogen-bond acceptors (Lipinski definition) is 3. The van der Waals surface area contributed by atoms with Gasteiger partial charge in [0.15, 0.2) is 0 Å². The van der Waals surface area contributed by atoms with Gasteiger partial charge in [-0.1, -0.05) is 6.07 Å². The van der Waals surface area contributed by atoms with E-state index in [2.05, 4.69) is 10.1 Å². The van der Waals surface area contributed by atoms with Crippen molar-refractivity contribution in [3.05, 3.63) is 36.9 Å². The maximum absolute atomic E-state index is 5.38. The van der Waals surface area contributed by atoms with Gasteiger partial charge in [0.05, 0.1) is 12.3 Å². The predicted octanol–water partition coefficient (Wildman–Crippen LogP) is 1.67. The van der Waals surface area contributed by atoms with Gasteiger partial charge in [-0.3, -0.25) is 0 Å². The minimum Gasteiger partial charge on any atom is -0.494 e. The number of ether oxygens (including phenoxy) is 1. The maximum Gasteiger partial charge on any atom is 0.138 e. The topological polar surface area (TPSA) is 39.9 Å². The van der Waals surface area contributed by atoms with E-state index < -0.39 is 0 Å². The first-order valence-corrected chi connectivity index (χ1v) is 4.48. The van der Waals surface area contributed by atoms with E-state index in [4.69, 9.17) is 4.74 Å². The molecule has 1 heterocycles. The van der Waals surface area contributed by atoms with E-state index in [1.807, 2.05) is 31.2 Å². The Kier molecular flexibility index (Phi) is 2.44. The minimum atomic E-state index is 0.667. The molecule has 72 valence electrons. The first-order chi connectivity index (χ1) is 6.90. The van der Waals surface area contributed by atoms with Crippen LogP contribution in [0.15, 0.2) is 36.9 Å². The number of rotatable bonds is 3. The lowest BCUT2D eigenvalue weighted by Gasteiger charge is -2.04. The minimum absolute atomic E-state index is 0.667. The molecule has 0 saturated carbocycles. The fourth-order valence-corrected chi connectivity index (χ4v) is 1.22. The third-order valence-electron chi connectivity index (χ3n) is 1.81. The van der Waals surface area contributed by atoms with Crippen molar-refractivity contribution in [1.29, 1.82) is 0 Å². The van der Waals surface area contributed by atoms with Crippen molar-refractivity contribution in [1.82, 2.24) is 14.8 Å². The highest BCUT2D eigenvalue weighted by Gasteiger charge is 1.98. The Labute approximate surface area is 82.2 Å². The number of aromatic nitrogens is 3. The van der Waals surface area contributed by atoms with Gasteiger partial charge in [-0.2, -0.15) is 5.10 Å². The van der Waals surface area contributed by atoms with Crippen LogP contribution >= 0.6 is 0 Å². The molecule has 4 heteroatoms. The van der Waals surface area contributed by atoms with E-state index in [0.717, 1.165) is 11.4 Å². The molecule has 0 spiro atoms. The fourth-order valence-electron chi connectivity index (χ4n) is 1.22. The number of nitrogens with zero attached hydrogens (tertiary/aromatic N) is 3. The summed E-state index contributed by atoms with van der Waals surface area (Å²) in [7, 11) is 0. The molecule has 0 aliphatic heterocycles. The van der Waals surface area contributed by atoms with E-state index >= 15 is 0 Å². The Morgan fingerprint density at radius 3 is 3.07 bits per heavy atom. The van der Waals surface area contributed by atoms with E-state index in [9.17, 15) is 0 Å². The average Bonchev–Trinajstić information content (AvgIpc) is 2.71. The number of hydrogen-bond donors (Lipinski definition) is 0. The van der Waals surface area contributed by atoms with Crippen molar-refractivity contribution >= 4 is 0 Å². The van der Waals surface area contributed by atoms with Gasteiger partial charge >= 0.3 is 0 Å². The molecule has 0 radical (unpaired) electrons. The van der Waals surface area contributed by atoms with Gasteiger partial charge in [-0.05, 0) is 19.1 Å². The molecule has 0 amide bonds. The van der Waals surface area contributed by atoms with Crippen LogP contribution in [0.1, 0.15) is 6.92 Å². The van der Waals surface area contributed by atoms with Crippen LogP contribution in [-0.2, 0) is 0 Å². The molecule has 2 aromatic rings. The standard InChI is InChI=1S/C10H11N3O/c1-2-14-10-5-3-4-9(6-10)13-8-11-7-12-13/h3-8H,2H2,1H3. The van der Waals surface area contributed by atoms with Gasteiger partial charge in [-0.25, -0.2) is 9.67 Å². The van der Waals surface area contributed by atoms with Crippen LogP contribution in [-0.4, -0.2) is 21.4 Å². The third-order valence-corrected chi connectivity index (χ3v) is 1.81. The van der Waals surface area contributed by atoms with Crippen LogP contribution in [0.2, 0.25) is 0 Å². The molecular weight excluding hydrogens is 178 g/mol. The Balaban J connectivity index is 2.31. The predicted molar refractivity (Wildman–Crippen MR) is 52.5 cm³/mol. The smallest absolute Gasteiger partial charge is 0.138 e. The lowest BCUT2D eigenvalue weighted by Crippen LogP contribution is -1.96. The van der Waals surface area contributed by atoms with Gasteiger partial charge in [0, 0.05) is 6.07 Å². The van der Waals surface area contributed by atoms with E-state index in [-0.39, 0.29) is 0 Å². The van der Waals surface area contributed by atoms with Crippen molar-refractivity contribution in [3.8, 4) is 11.4 Å². The summed E-state index contributed by atoms with van der Waals surface area (Å²) in [5.74, 6) is 0.848. The van der Waals surface area contributed by atoms with E-state index in [0.29, 0.717) is 6.61 Å². The second-order valence-corrected chi connectivity index (χ2v) is 2.77. The highest BCUT2D eigenvalue weighted by Crippen LogP contribution is 2.15. The SMILES string of the molecule is CCOc1cccc(-n2cncn2)c1. The summed E-state index contributed by atoms with van der Waals surface area (Å²) in [5, 5.41) is 4.04. The molecule has 2 rings (SSSR count). The molecule has 4 nitrogen and oxygen atoms in total. The summed E-state index contributed by atoms with van der Waals surface area (Å²) in [5.41, 5.74) is 0.952. The van der Waals surface area contributed by atoms with Gasteiger partial charge in [0.1, 0.15) is 18.4 Å². The van der Waals surface area contributed by atoms with Gasteiger partial charge in [-0.15, -0.1) is 0 Å². The molecule has 0 unspecified atom stereocenters. The zero-order chi connectivity index (χ0) is 9.80. The Morgan fingerprint density at radius 2 is 2.36 bits per heavy atom. The quantitative estimate of drug-likeness (QED) is 0.737.